The topological polar surface area (TPSA) is 85.5 Å². The highest BCUT2D eigenvalue weighted by Crippen LogP contribution is 2.26. The standard InChI is InChI=1S/C14H14N2O4/c17-13(18)3-1-2-12-15-16-14(20-12)9-4-5-10-7-19-8-11(10)6-9/h4-6H,1-3,7-8H2,(H,17,18). The van der Waals surface area contributed by atoms with Crippen LogP contribution < -0.4 is 0 Å². The summed E-state index contributed by atoms with van der Waals surface area (Å²) >= 11 is 0. The molecule has 0 saturated heterocycles. The molecule has 1 aromatic carbocycles. The Labute approximate surface area is 115 Å². The van der Waals surface area contributed by atoms with Crippen LogP contribution in [0.4, 0.5) is 0 Å². The van der Waals surface area contributed by atoms with Crippen LogP contribution in [0.2, 0.25) is 0 Å². The largest absolute Gasteiger partial charge is 0.481 e. The molecular weight excluding hydrogens is 260 g/mol. The molecular formula is C14H14N2O4. The van der Waals surface area contributed by atoms with E-state index in [4.69, 9.17) is 14.3 Å². The number of hydrogen-bond donors (Lipinski definition) is 1. The zero-order valence-electron chi connectivity index (χ0n) is 10.8. The van der Waals surface area contributed by atoms with Crippen molar-refractivity contribution in [3.05, 3.63) is 35.2 Å². The van der Waals surface area contributed by atoms with Crippen LogP contribution in [0, 0.1) is 0 Å². The van der Waals surface area contributed by atoms with Gasteiger partial charge in [-0.15, -0.1) is 10.2 Å². The summed E-state index contributed by atoms with van der Waals surface area (Å²) in [6, 6.07) is 5.94. The summed E-state index contributed by atoms with van der Waals surface area (Å²) in [6.07, 6.45) is 1.08. The number of carboxylic acid groups (broad SMARTS) is 1. The Morgan fingerprint density at radius 3 is 2.95 bits per heavy atom. The van der Waals surface area contributed by atoms with Gasteiger partial charge in [0.25, 0.3) is 0 Å². The Hall–Kier alpha value is -2.21. The average molecular weight is 274 g/mol. The summed E-state index contributed by atoms with van der Waals surface area (Å²) in [7, 11) is 0. The minimum Gasteiger partial charge on any atom is -0.481 e. The minimum absolute atomic E-state index is 0.105. The second-order valence-corrected chi connectivity index (χ2v) is 4.72. The van der Waals surface area contributed by atoms with Crippen LogP contribution in [0.1, 0.15) is 29.9 Å². The highest BCUT2D eigenvalue weighted by molar-refractivity contribution is 5.66. The summed E-state index contributed by atoms with van der Waals surface area (Å²) in [5, 5.41) is 16.5. The molecule has 0 saturated carbocycles. The lowest BCUT2D eigenvalue weighted by Crippen LogP contribution is -1.95. The Bertz CT molecular complexity index is 636. The lowest BCUT2D eigenvalue weighted by Gasteiger charge is -1.99. The van der Waals surface area contributed by atoms with Gasteiger partial charge in [-0.05, 0) is 29.7 Å². The van der Waals surface area contributed by atoms with Gasteiger partial charge in [-0.25, -0.2) is 0 Å². The van der Waals surface area contributed by atoms with Crippen molar-refractivity contribution in [3.8, 4) is 11.5 Å². The molecule has 104 valence electrons. The van der Waals surface area contributed by atoms with E-state index in [1.165, 1.54) is 5.56 Å². The summed E-state index contributed by atoms with van der Waals surface area (Å²) in [4.78, 5) is 10.4. The zero-order chi connectivity index (χ0) is 13.9. The van der Waals surface area contributed by atoms with Gasteiger partial charge in [-0.3, -0.25) is 4.79 Å². The number of carboxylic acids is 1. The molecule has 1 aliphatic rings. The predicted octanol–water partition coefficient (Wildman–Crippen LogP) is 2.17. The van der Waals surface area contributed by atoms with Gasteiger partial charge in [-0.1, -0.05) is 6.07 Å². The Balaban J connectivity index is 1.71. The third-order valence-electron chi connectivity index (χ3n) is 3.22. The lowest BCUT2D eigenvalue weighted by atomic mass is 10.1. The SMILES string of the molecule is O=C(O)CCCc1nnc(-c2ccc3c(c2)COC3)o1. The quantitative estimate of drug-likeness (QED) is 0.899. The van der Waals surface area contributed by atoms with Crippen LogP contribution in [-0.4, -0.2) is 21.3 Å². The van der Waals surface area contributed by atoms with Crippen molar-refractivity contribution in [2.24, 2.45) is 0 Å². The van der Waals surface area contributed by atoms with E-state index in [-0.39, 0.29) is 6.42 Å². The van der Waals surface area contributed by atoms with Gasteiger partial charge in [0.1, 0.15) is 0 Å². The molecule has 0 bridgehead atoms. The number of nitrogens with zero attached hydrogens (tertiary/aromatic N) is 2. The van der Waals surface area contributed by atoms with E-state index in [0.717, 1.165) is 11.1 Å². The number of ether oxygens (including phenoxy) is 1. The molecule has 2 heterocycles. The summed E-state index contributed by atoms with van der Waals surface area (Å²) in [5.74, 6) is 0.117. The van der Waals surface area contributed by atoms with Gasteiger partial charge in [0.15, 0.2) is 0 Å². The van der Waals surface area contributed by atoms with Crippen LogP contribution in [0.15, 0.2) is 22.6 Å². The number of carbonyl (C=O) groups is 1. The second-order valence-electron chi connectivity index (χ2n) is 4.72. The van der Waals surface area contributed by atoms with Gasteiger partial charge in [-0.2, -0.15) is 0 Å². The number of hydrogen-bond acceptors (Lipinski definition) is 5. The molecule has 0 unspecified atom stereocenters. The zero-order valence-corrected chi connectivity index (χ0v) is 10.8. The molecule has 0 radical (unpaired) electrons. The number of aliphatic carboxylic acids is 1. The normalized spacial score (nSPS) is 13.4. The fraction of sp³-hybridized carbons (Fsp3) is 0.357. The molecule has 1 aliphatic heterocycles. The van der Waals surface area contributed by atoms with Crippen LogP contribution >= 0.6 is 0 Å². The van der Waals surface area contributed by atoms with Gasteiger partial charge >= 0.3 is 5.97 Å². The number of benzene rings is 1. The monoisotopic (exact) mass is 274 g/mol. The molecule has 0 fully saturated rings. The van der Waals surface area contributed by atoms with E-state index in [1.54, 1.807) is 0 Å². The highest BCUT2D eigenvalue weighted by Gasteiger charge is 2.15. The number of fused-ring (bicyclic) bond motifs is 1. The molecule has 6 heteroatoms. The van der Waals surface area contributed by atoms with E-state index in [2.05, 4.69) is 10.2 Å². The molecule has 0 aliphatic carbocycles. The fourth-order valence-electron chi connectivity index (χ4n) is 2.17. The summed E-state index contributed by atoms with van der Waals surface area (Å²) < 4.78 is 10.9. The maximum atomic E-state index is 10.4. The predicted molar refractivity (Wildman–Crippen MR) is 68.8 cm³/mol. The first-order valence-corrected chi connectivity index (χ1v) is 6.46. The Morgan fingerprint density at radius 1 is 1.25 bits per heavy atom. The third kappa shape index (κ3) is 2.70. The van der Waals surface area contributed by atoms with Crippen molar-refractivity contribution in [1.82, 2.24) is 10.2 Å². The molecule has 3 rings (SSSR count). The van der Waals surface area contributed by atoms with Crippen molar-refractivity contribution >= 4 is 5.97 Å². The molecule has 1 N–H and O–H groups in total. The third-order valence-corrected chi connectivity index (χ3v) is 3.22. The Kier molecular flexibility index (Phi) is 3.47. The minimum atomic E-state index is -0.816. The van der Waals surface area contributed by atoms with E-state index in [9.17, 15) is 4.79 Å². The molecule has 2 aromatic rings. The van der Waals surface area contributed by atoms with E-state index < -0.39 is 5.97 Å². The fourth-order valence-corrected chi connectivity index (χ4v) is 2.17. The number of aromatic nitrogens is 2. The second kappa shape index (κ2) is 5.42. The van der Waals surface area contributed by atoms with Crippen LogP contribution in [-0.2, 0) is 29.2 Å². The van der Waals surface area contributed by atoms with Crippen molar-refractivity contribution in [2.45, 2.75) is 32.5 Å². The molecule has 0 atom stereocenters. The van der Waals surface area contributed by atoms with Gasteiger partial charge in [0.05, 0.1) is 13.2 Å². The number of aryl methyl sites for hydroxylation is 1. The van der Waals surface area contributed by atoms with E-state index in [0.29, 0.717) is 37.8 Å². The van der Waals surface area contributed by atoms with Gasteiger partial charge < -0.3 is 14.3 Å². The van der Waals surface area contributed by atoms with Crippen molar-refractivity contribution < 1.29 is 19.1 Å². The van der Waals surface area contributed by atoms with Crippen molar-refractivity contribution in [3.63, 3.8) is 0 Å². The van der Waals surface area contributed by atoms with Crippen molar-refractivity contribution in [1.29, 1.82) is 0 Å². The molecule has 6 nitrogen and oxygen atoms in total. The summed E-state index contributed by atoms with van der Waals surface area (Å²) in [5.41, 5.74) is 3.20. The number of rotatable bonds is 5. The lowest BCUT2D eigenvalue weighted by molar-refractivity contribution is -0.137. The molecule has 1 aromatic heterocycles. The first-order chi connectivity index (χ1) is 9.72. The molecule has 0 amide bonds. The van der Waals surface area contributed by atoms with E-state index >= 15 is 0 Å². The first-order valence-electron chi connectivity index (χ1n) is 6.46. The molecule has 0 spiro atoms. The van der Waals surface area contributed by atoms with Gasteiger partial charge in [0.2, 0.25) is 11.8 Å². The summed E-state index contributed by atoms with van der Waals surface area (Å²) in [6.45, 7) is 1.27. The maximum absolute atomic E-state index is 10.4. The molecule has 20 heavy (non-hydrogen) atoms. The van der Waals surface area contributed by atoms with Crippen molar-refractivity contribution in [2.75, 3.05) is 0 Å². The van der Waals surface area contributed by atoms with Gasteiger partial charge in [0, 0.05) is 18.4 Å². The first kappa shape index (κ1) is 12.8. The van der Waals surface area contributed by atoms with Crippen LogP contribution in [0.3, 0.4) is 0 Å². The highest BCUT2D eigenvalue weighted by atomic mass is 16.5. The van der Waals surface area contributed by atoms with Crippen LogP contribution in [0.5, 0.6) is 0 Å². The smallest absolute Gasteiger partial charge is 0.303 e. The van der Waals surface area contributed by atoms with E-state index in [1.807, 2.05) is 18.2 Å². The average Bonchev–Trinajstić information content (AvgIpc) is 3.05. The van der Waals surface area contributed by atoms with Crippen LogP contribution in [0.25, 0.3) is 11.5 Å². The Morgan fingerprint density at radius 2 is 2.10 bits per heavy atom. The maximum Gasteiger partial charge on any atom is 0.303 e.